The van der Waals surface area contributed by atoms with Gasteiger partial charge in [-0.15, -0.1) is 0 Å². The average molecular weight is 425 g/mol. The van der Waals surface area contributed by atoms with Crippen LogP contribution in [0.15, 0.2) is 48.5 Å². The van der Waals surface area contributed by atoms with Crippen molar-refractivity contribution in [3.8, 4) is 5.75 Å². The number of carbonyl (C=O) groups excluding carboxylic acids is 1. The zero-order valence-corrected chi connectivity index (χ0v) is 17.8. The maximum Gasteiger partial charge on any atom is 0.322 e. The van der Waals surface area contributed by atoms with Crippen molar-refractivity contribution < 1.29 is 17.4 Å². The second-order valence-corrected chi connectivity index (χ2v) is 9.08. The first-order chi connectivity index (χ1) is 13.2. The summed E-state index contributed by atoms with van der Waals surface area (Å²) in [4.78, 5) is 14.4. The molecule has 2 amide bonds. The van der Waals surface area contributed by atoms with Crippen LogP contribution >= 0.6 is 11.6 Å². The number of hydrogen-bond acceptors (Lipinski definition) is 4. The number of halogens is 1. The number of anilines is 1. The molecule has 0 spiro atoms. The fourth-order valence-corrected chi connectivity index (χ4v) is 3.12. The van der Waals surface area contributed by atoms with Gasteiger partial charge in [-0.1, -0.05) is 37.6 Å². The van der Waals surface area contributed by atoms with Crippen LogP contribution in [0.2, 0.25) is 5.02 Å². The Balaban J connectivity index is 2.08. The van der Waals surface area contributed by atoms with Crippen molar-refractivity contribution in [3.63, 3.8) is 0 Å². The molecule has 0 aliphatic carbocycles. The van der Waals surface area contributed by atoms with Crippen LogP contribution in [0.3, 0.4) is 0 Å². The van der Waals surface area contributed by atoms with E-state index in [1.807, 2.05) is 13.8 Å². The van der Waals surface area contributed by atoms with Crippen LogP contribution in [0.4, 0.5) is 10.5 Å². The van der Waals surface area contributed by atoms with E-state index in [2.05, 4.69) is 5.32 Å². The molecule has 0 saturated heterocycles. The highest BCUT2D eigenvalue weighted by Crippen LogP contribution is 2.18. The summed E-state index contributed by atoms with van der Waals surface area (Å²) in [6.07, 6.45) is 0. The van der Waals surface area contributed by atoms with Gasteiger partial charge < -0.3 is 14.4 Å². The molecule has 0 aliphatic rings. The number of nitrogens with one attached hydrogen (secondary N) is 1. The highest BCUT2D eigenvalue weighted by molar-refractivity contribution is 7.87. The van der Waals surface area contributed by atoms with Crippen LogP contribution in [0, 0.1) is 5.92 Å². The molecule has 0 fully saturated rings. The number of benzene rings is 2. The van der Waals surface area contributed by atoms with Crippen molar-refractivity contribution in [2.75, 3.05) is 17.6 Å². The maximum atomic E-state index is 12.7. The van der Waals surface area contributed by atoms with Gasteiger partial charge in [-0.3, -0.25) is 0 Å². The molecule has 0 saturated carbocycles. The molecular formula is C20H25ClN2O4S. The zero-order valence-electron chi connectivity index (χ0n) is 16.2. The molecule has 28 heavy (non-hydrogen) atoms. The first kappa shape index (κ1) is 22.0. The summed E-state index contributed by atoms with van der Waals surface area (Å²) in [5.74, 6) is 0.446. The van der Waals surface area contributed by atoms with Gasteiger partial charge in [-0.2, -0.15) is 8.42 Å². The molecule has 0 radical (unpaired) electrons. The lowest BCUT2D eigenvalue weighted by Gasteiger charge is -2.25. The minimum absolute atomic E-state index is 0.0954. The molecule has 0 aliphatic heterocycles. The van der Waals surface area contributed by atoms with Gasteiger partial charge in [0.05, 0.1) is 5.75 Å². The number of urea groups is 1. The number of hydrogen-bond donors (Lipinski definition) is 1. The first-order valence-corrected chi connectivity index (χ1v) is 11.0. The lowest BCUT2D eigenvalue weighted by Crippen LogP contribution is -2.37. The highest BCUT2D eigenvalue weighted by atomic mass is 35.5. The Kier molecular flexibility index (Phi) is 7.71. The molecule has 0 atom stereocenters. The van der Waals surface area contributed by atoms with Crippen LogP contribution in [-0.2, 0) is 16.7 Å². The van der Waals surface area contributed by atoms with E-state index in [9.17, 15) is 13.2 Å². The predicted molar refractivity (Wildman–Crippen MR) is 112 cm³/mol. The van der Waals surface area contributed by atoms with Gasteiger partial charge >= 0.3 is 16.1 Å². The van der Waals surface area contributed by atoms with Crippen molar-refractivity contribution in [3.05, 3.63) is 59.1 Å². The smallest absolute Gasteiger partial charge is 0.322 e. The lowest BCUT2D eigenvalue weighted by molar-refractivity contribution is 0.201. The van der Waals surface area contributed by atoms with Gasteiger partial charge in [0.15, 0.2) is 0 Å². The van der Waals surface area contributed by atoms with E-state index < -0.39 is 10.1 Å². The minimum Gasteiger partial charge on any atom is -0.382 e. The van der Waals surface area contributed by atoms with E-state index in [4.69, 9.17) is 15.8 Å². The van der Waals surface area contributed by atoms with Gasteiger partial charge in [-0.05, 0) is 54.8 Å². The zero-order chi connectivity index (χ0) is 20.7. The van der Waals surface area contributed by atoms with Crippen molar-refractivity contribution in [1.82, 2.24) is 4.90 Å². The van der Waals surface area contributed by atoms with E-state index in [0.717, 1.165) is 5.56 Å². The Morgan fingerprint density at radius 3 is 2.25 bits per heavy atom. The SMILES string of the molecule is CCS(=O)(=O)Oc1ccc(CN(CC(C)C)C(=O)Nc2ccc(Cl)cc2)cc1. The topological polar surface area (TPSA) is 75.7 Å². The molecular weight excluding hydrogens is 400 g/mol. The van der Waals surface area contributed by atoms with E-state index >= 15 is 0 Å². The summed E-state index contributed by atoms with van der Waals surface area (Å²) >= 11 is 5.88. The van der Waals surface area contributed by atoms with Gasteiger partial charge in [-0.25, -0.2) is 4.79 Å². The molecule has 2 aromatic carbocycles. The van der Waals surface area contributed by atoms with E-state index in [1.165, 1.54) is 6.92 Å². The molecule has 0 aromatic heterocycles. The summed E-state index contributed by atoms with van der Waals surface area (Å²) in [6.45, 7) is 6.55. The predicted octanol–water partition coefficient (Wildman–Crippen LogP) is 4.76. The van der Waals surface area contributed by atoms with E-state index in [1.54, 1.807) is 53.4 Å². The number of rotatable bonds is 8. The fraction of sp³-hybridized carbons (Fsp3) is 0.350. The van der Waals surface area contributed by atoms with Crippen molar-refractivity contribution in [2.45, 2.75) is 27.3 Å². The van der Waals surface area contributed by atoms with Crippen molar-refractivity contribution in [1.29, 1.82) is 0 Å². The molecule has 2 rings (SSSR count). The van der Waals surface area contributed by atoms with Crippen LogP contribution in [0.25, 0.3) is 0 Å². The van der Waals surface area contributed by atoms with Gasteiger partial charge in [0, 0.05) is 23.8 Å². The molecule has 152 valence electrons. The Hall–Kier alpha value is -2.25. The molecule has 8 heteroatoms. The minimum atomic E-state index is -3.56. The summed E-state index contributed by atoms with van der Waals surface area (Å²) < 4.78 is 28.1. The lowest BCUT2D eigenvalue weighted by atomic mass is 10.1. The Morgan fingerprint density at radius 1 is 1.11 bits per heavy atom. The third kappa shape index (κ3) is 7.05. The Bertz CT molecular complexity index is 881. The molecule has 0 bridgehead atoms. The third-order valence-corrected chi connectivity index (χ3v) is 5.25. The third-order valence-electron chi connectivity index (χ3n) is 3.84. The molecule has 0 heterocycles. The van der Waals surface area contributed by atoms with Crippen LogP contribution in [0.5, 0.6) is 5.75 Å². The maximum absolute atomic E-state index is 12.7. The summed E-state index contributed by atoms with van der Waals surface area (Å²) in [7, 11) is -3.56. The summed E-state index contributed by atoms with van der Waals surface area (Å²) in [6, 6.07) is 13.4. The molecule has 6 nitrogen and oxygen atoms in total. The summed E-state index contributed by atoms with van der Waals surface area (Å²) in [5.41, 5.74) is 1.53. The standard InChI is InChI=1S/C20H25ClN2O4S/c1-4-28(25,26)27-19-11-5-16(6-12-19)14-23(13-15(2)3)20(24)22-18-9-7-17(21)8-10-18/h5-12,15H,4,13-14H2,1-3H3,(H,22,24). The first-order valence-electron chi connectivity index (χ1n) is 9.01. The second kappa shape index (κ2) is 9.80. The van der Waals surface area contributed by atoms with Crippen LogP contribution in [0.1, 0.15) is 26.3 Å². The quantitative estimate of drug-likeness (QED) is 0.620. The molecule has 0 unspecified atom stereocenters. The van der Waals surface area contributed by atoms with E-state index in [-0.39, 0.29) is 23.5 Å². The molecule has 1 N–H and O–H groups in total. The van der Waals surface area contributed by atoms with Gasteiger partial charge in [0.2, 0.25) is 0 Å². The number of amides is 2. The largest absolute Gasteiger partial charge is 0.382 e. The monoisotopic (exact) mass is 424 g/mol. The Morgan fingerprint density at radius 2 is 1.71 bits per heavy atom. The van der Waals surface area contributed by atoms with Crippen molar-refractivity contribution in [2.24, 2.45) is 5.92 Å². The number of carbonyl (C=O) groups is 1. The average Bonchev–Trinajstić information content (AvgIpc) is 2.64. The van der Waals surface area contributed by atoms with Crippen LogP contribution in [-0.4, -0.2) is 31.6 Å². The summed E-state index contributed by atoms with van der Waals surface area (Å²) in [5, 5.41) is 3.47. The van der Waals surface area contributed by atoms with Gasteiger partial charge in [0.25, 0.3) is 0 Å². The normalized spacial score (nSPS) is 11.3. The van der Waals surface area contributed by atoms with Crippen LogP contribution < -0.4 is 9.50 Å². The van der Waals surface area contributed by atoms with Gasteiger partial charge in [0.1, 0.15) is 5.75 Å². The second-order valence-electron chi connectivity index (χ2n) is 6.79. The van der Waals surface area contributed by atoms with E-state index in [0.29, 0.717) is 23.8 Å². The van der Waals surface area contributed by atoms with Crippen molar-refractivity contribution >= 4 is 33.4 Å². The molecule has 2 aromatic rings. The Labute approximate surface area is 171 Å². The highest BCUT2D eigenvalue weighted by Gasteiger charge is 2.16. The fourth-order valence-electron chi connectivity index (χ4n) is 2.47. The number of nitrogens with zero attached hydrogens (tertiary/aromatic N) is 1.